The number of hydrogen-bond acceptors (Lipinski definition) is 4. The van der Waals surface area contributed by atoms with Crippen LogP contribution in [-0.4, -0.2) is 28.0 Å². The fourth-order valence-corrected chi connectivity index (χ4v) is 5.33. The predicted octanol–water partition coefficient (Wildman–Crippen LogP) is 5.68. The van der Waals surface area contributed by atoms with E-state index in [1.165, 1.54) is 12.7 Å². The van der Waals surface area contributed by atoms with E-state index in [4.69, 9.17) is 4.74 Å². The molecule has 1 atom stereocenters. The number of ether oxygens (including phenoxy) is 1. The third kappa shape index (κ3) is 6.26. The number of benzene rings is 3. The minimum absolute atomic E-state index is 0.0305. The summed E-state index contributed by atoms with van der Waals surface area (Å²) in [6.07, 6.45) is 0. The molecule has 0 aliphatic carbocycles. The van der Waals surface area contributed by atoms with Gasteiger partial charge >= 0.3 is 0 Å². The van der Waals surface area contributed by atoms with Crippen molar-refractivity contribution in [2.75, 3.05) is 18.0 Å². The van der Waals surface area contributed by atoms with Crippen LogP contribution in [0.3, 0.4) is 0 Å². The van der Waals surface area contributed by atoms with Crippen LogP contribution >= 0.6 is 0 Å². The zero-order valence-electron chi connectivity index (χ0n) is 22.1. The molecule has 1 amide bonds. The summed E-state index contributed by atoms with van der Waals surface area (Å²) in [6, 6.07) is 19.7. The summed E-state index contributed by atoms with van der Waals surface area (Å²) in [7, 11) is -2.56. The largest absolute Gasteiger partial charge is 0.495 e. The third-order valence-electron chi connectivity index (χ3n) is 6.15. The molecule has 0 unspecified atom stereocenters. The molecule has 0 aliphatic rings. The molecule has 0 aromatic heterocycles. The highest BCUT2D eigenvalue weighted by atomic mass is 32.2. The Morgan fingerprint density at radius 1 is 0.944 bits per heavy atom. The zero-order chi connectivity index (χ0) is 26.7. The lowest BCUT2D eigenvalue weighted by Crippen LogP contribution is -2.41. The highest BCUT2D eigenvalue weighted by molar-refractivity contribution is 7.92. The Morgan fingerprint density at radius 2 is 1.53 bits per heavy atom. The second kappa shape index (κ2) is 10.7. The number of rotatable bonds is 8. The lowest BCUT2D eigenvalue weighted by atomic mass is 9.86. The minimum Gasteiger partial charge on any atom is -0.495 e. The van der Waals surface area contributed by atoms with Gasteiger partial charge < -0.3 is 10.1 Å². The molecular weight excluding hydrogens is 472 g/mol. The third-order valence-corrected chi connectivity index (χ3v) is 7.93. The normalized spacial score (nSPS) is 12.6. The van der Waals surface area contributed by atoms with Crippen molar-refractivity contribution < 1.29 is 17.9 Å². The van der Waals surface area contributed by atoms with Gasteiger partial charge in [-0.25, -0.2) is 8.42 Å². The van der Waals surface area contributed by atoms with Crippen molar-refractivity contribution >= 4 is 21.6 Å². The summed E-state index contributed by atoms with van der Waals surface area (Å²) in [5.41, 5.74) is 4.28. The van der Waals surface area contributed by atoms with Crippen molar-refractivity contribution in [3.63, 3.8) is 0 Å². The number of carbonyl (C=O) groups excluding carboxylic acids is 1. The second-order valence-electron chi connectivity index (χ2n) is 10.2. The smallest absolute Gasteiger partial charge is 0.264 e. The molecule has 192 valence electrons. The van der Waals surface area contributed by atoms with Gasteiger partial charge in [0.15, 0.2) is 0 Å². The maximum absolute atomic E-state index is 13.7. The topological polar surface area (TPSA) is 75.7 Å². The number of sulfonamides is 1. The molecule has 0 aliphatic heterocycles. The molecule has 0 bridgehead atoms. The zero-order valence-corrected chi connectivity index (χ0v) is 22.9. The van der Waals surface area contributed by atoms with Crippen LogP contribution in [0.4, 0.5) is 5.69 Å². The van der Waals surface area contributed by atoms with E-state index >= 15 is 0 Å². The Bertz CT molecular complexity index is 1310. The molecular formula is C29H36N2O4S. The van der Waals surface area contributed by atoms with E-state index in [9.17, 15) is 13.2 Å². The van der Waals surface area contributed by atoms with Gasteiger partial charge in [0.25, 0.3) is 10.0 Å². The second-order valence-corrected chi connectivity index (χ2v) is 12.0. The van der Waals surface area contributed by atoms with E-state index in [0.29, 0.717) is 11.4 Å². The minimum atomic E-state index is -4.05. The highest BCUT2D eigenvalue weighted by Crippen LogP contribution is 2.33. The van der Waals surface area contributed by atoms with Crippen molar-refractivity contribution in [2.24, 2.45) is 0 Å². The highest BCUT2D eigenvalue weighted by Gasteiger charge is 2.30. The van der Waals surface area contributed by atoms with E-state index in [1.807, 2.05) is 39.0 Å². The molecule has 3 aromatic carbocycles. The molecule has 1 N–H and O–H groups in total. The van der Waals surface area contributed by atoms with Crippen molar-refractivity contribution in [3.8, 4) is 5.75 Å². The Morgan fingerprint density at radius 3 is 2.08 bits per heavy atom. The molecule has 0 fully saturated rings. The van der Waals surface area contributed by atoms with Gasteiger partial charge in [0.05, 0.1) is 23.7 Å². The standard InChI is InChI=1S/C29H36N2O4S/c1-20-8-15-25(16-9-20)36(33,34)31(26-18-21(2)10-17-27(26)35-7)19-28(32)30-22(3)23-11-13-24(14-12-23)29(4,5)6/h8-18,22H,19H2,1-7H3,(H,30,32)/t22-/m1/s1. The van der Waals surface area contributed by atoms with Gasteiger partial charge in [0.2, 0.25) is 5.91 Å². The van der Waals surface area contributed by atoms with Gasteiger partial charge in [0, 0.05) is 0 Å². The quantitative estimate of drug-likeness (QED) is 0.425. The first-order valence-electron chi connectivity index (χ1n) is 12.0. The number of carbonyl (C=O) groups is 1. The number of nitrogens with one attached hydrogen (secondary N) is 1. The van der Waals surface area contributed by atoms with Crippen molar-refractivity contribution in [1.29, 1.82) is 0 Å². The molecule has 3 aromatic rings. The van der Waals surface area contributed by atoms with Crippen LogP contribution < -0.4 is 14.4 Å². The van der Waals surface area contributed by atoms with Crippen LogP contribution in [0.5, 0.6) is 5.75 Å². The Balaban J connectivity index is 1.92. The fraction of sp³-hybridized carbons (Fsp3) is 0.345. The van der Waals surface area contributed by atoms with Crippen molar-refractivity contribution in [3.05, 3.63) is 89.0 Å². The maximum Gasteiger partial charge on any atom is 0.264 e. The van der Waals surface area contributed by atoms with E-state index in [2.05, 4.69) is 38.2 Å². The number of amides is 1. The molecule has 6 nitrogen and oxygen atoms in total. The number of anilines is 1. The Kier molecular flexibility index (Phi) is 8.14. The first-order valence-corrected chi connectivity index (χ1v) is 13.4. The average Bonchev–Trinajstić information content (AvgIpc) is 2.82. The summed E-state index contributed by atoms with van der Waals surface area (Å²) in [5.74, 6) is -0.0449. The van der Waals surface area contributed by atoms with Gasteiger partial charge in [-0.15, -0.1) is 0 Å². The summed E-state index contributed by atoms with van der Waals surface area (Å²) in [6.45, 7) is 11.7. The lowest BCUT2D eigenvalue weighted by Gasteiger charge is -2.27. The molecule has 7 heteroatoms. The number of hydrogen-bond donors (Lipinski definition) is 1. The van der Waals surface area contributed by atoms with Gasteiger partial charge in [-0.3, -0.25) is 9.10 Å². The SMILES string of the molecule is COc1ccc(C)cc1N(CC(=O)N[C@H](C)c1ccc(C(C)(C)C)cc1)S(=O)(=O)c1ccc(C)cc1. The maximum atomic E-state index is 13.7. The van der Waals surface area contributed by atoms with E-state index < -0.39 is 15.9 Å². The average molecular weight is 509 g/mol. The molecule has 36 heavy (non-hydrogen) atoms. The first-order chi connectivity index (χ1) is 16.8. The molecule has 0 saturated carbocycles. The Hall–Kier alpha value is -3.32. The summed E-state index contributed by atoms with van der Waals surface area (Å²) in [5, 5.41) is 2.95. The van der Waals surface area contributed by atoms with Crippen LogP contribution in [0.25, 0.3) is 0 Å². The van der Waals surface area contributed by atoms with Gasteiger partial charge in [-0.2, -0.15) is 0 Å². The lowest BCUT2D eigenvalue weighted by molar-refractivity contribution is -0.120. The van der Waals surface area contributed by atoms with E-state index in [0.717, 1.165) is 21.0 Å². The molecule has 3 rings (SSSR count). The predicted molar refractivity (Wildman–Crippen MR) is 145 cm³/mol. The molecule has 0 spiro atoms. The summed E-state index contributed by atoms with van der Waals surface area (Å²) in [4.78, 5) is 13.3. The van der Waals surface area contributed by atoms with E-state index in [-0.39, 0.29) is 22.9 Å². The van der Waals surface area contributed by atoms with Crippen LogP contribution in [0.15, 0.2) is 71.6 Å². The fourth-order valence-electron chi connectivity index (χ4n) is 3.90. The van der Waals surface area contributed by atoms with Crippen molar-refractivity contribution in [1.82, 2.24) is 5.32 Å². The summed E-state index contributed by atoms with van der Waals surface area (Å²) < 4.78 is 34.1. The van der Waals surface area contributed by atoms with Gasteiger partial charge in [-0.05, 0) is 67.1 Å². The van der Waals surface area contributed by atoms with Crippen LogP contribution in [0.1, 0.15) is 56.0 Å². The molecule has 0 saturated heterocycles. The Labute approximate surface area is 215 Å². The molecule has 0 radical (unpaired) electrons. The van der Waals surface area contributed by atoms with Crippen LogP contribution in [0.2, 0.25) is 0 Å². The van der Waals surface area contributed by atoms with Gasteiger partial charge in [-0.1, -0.05) is 68.8 Å². The van der Waals surface area contributed by atoms with E-state index in [1.54, 1.807) is 36.4 Å². The number of methoxy groups -OCH3 is 1. The van der Waals surface area contributed by atoms with Gasteiger partial charge in [0.1, 0.15) is 12.3 Å². The number of nitrogens with zero attached hydrogens (tertiary/aromatic N) is 1. The summed E-state index contributed by atoms with van der Waals surface area (Å²) >= 11 is 0. The molecule has 0 heterocycles. The van der Waals surface area contributed by atoms with Crippen molar-refractivity contribution in [2.45, 2.75) is 57.9 Å². The van der Waals surface area contributed by atoms with Crippen LogP contribution in [-0.2, 0) is 20.2 Å². The monoisotopic (exact) mass is 508 g/mol. The van der Waals surface area contributed by atoms with Crippen LogP contribution in [0, 0.1) is 13.8 Å². The first kappa shape index (κ1) is 27.3. The number of aryl methyl sites for hydroxylation is 2.